The molecule has 2 aliphatic rings. The molecule has 0 aromatic heterocycles. The van der Waals surface area contributed by atoms with Gasteiger partial charge in [-0.05, 0) is 47.2 Å². The first kappa shape index (κ1) is 17.3. The van der Waals surface area contributed by atoms with E-state index in [0.717, 1.165) is 37.1 Å². The van der Waals surface area contributed by atoms with Crippen LogP contribution in [-0.2, 0) is 29.8 Å². The van der Waals surface area contributed by atoms with Crippen molar-refractivity contribution in [3.05, 3.63) is 69.7 Å². The van der Waals surface area contributed by atoms with Crippen LogP contribution in [0, 0.1) is 0 Å². The maximum absolute atomic E-state index is 12.7. The van der Waals surface area contributed by atoms with E-state index in [9.17, 15) is 4.79 Å². The summed E-state index contributed by atoms with van der Waals surface area (Å²) in [6, 6.07) is 14.1. The number of carbonyl (C=O) groups excluding carboxylic acids is 1. The normalized spacial score (nSPS) is 16.9. The second kappa shape index (κ2) is 6.75. The molecule has 2 aromatic rings. The van der Waals surface area contributed by atoms with E-state index in [1.807, 2.05) is 24.3 Å². The van der Waals surface area contributed by atoms with Gasteiger partial charge in [0.25, 0.3) is 0 Å². The summed E-state index contributed by atoms with van der Waals surface area (Å²) in [7, 11) is 0. The Labute approximate surface area is 153 Å². The molecular formula is C19H20Cl2N2O. The third kappa shape index (κ3) is 3.16. The van der Waals surface area contributed by atoms with Crippen LogP contribution in [0.1, 0.15) is 35.1 Å². The van der Waals surface area contributed by atoms with Crippen molar-refractivity contribution >= 4 is 29.9 Å². The van der Waals surface area contributed by atoms with E-state index >= 15 is 0 Å². The van der Waals surface area contributed by atoms with Crippen molar-refractivity contribution < 1.29 is 4.79 Å². The fraction of sp³-hybridized carbons (Fsp3) is 0.316. The maximum atomic E-state index is 12.7. The largest absolute Gasteiger partial charge is 0.351 e. The molecule has 0 unspecified atom stereocenters. The number of amides is 1. The fourth-order valence-corrected chi connectivity index (χ4v) is 3.56. The molecule has 0 atom stereocenters. The average Bonchev–Trinajstić information content (AvgIpc) is 3.24. The summed E-state index contributed by atoms with van der Waals surface area (Å²) in [5.41, 5.74) is 4.51. The number of fused-ring (bicyclic) bond motifs is 1. The van der Waals surface area contributed by atoms with E-state index in [4.69, 9.17) is 11.6 Å². The zero-order valence-electron chi connectivity index (χ0n) is 13.3. The first-order valence-corrected chi connectivity index (χ1v) is 8.41. The van der Waals surface area contributed by atoms with Crippen LogP contribution in [0.4, 0.5) is 0 Å². The molecule has 0 radical (unpaired) electrons. The zero-order chi connectivity index (χ0) is 15.9. The van der Waals surface area contributed by atoms with Gasteiger partial charge in [0.05, 0.1) is 5.41 Å². The lowest BCUT2D eigenvalue weighted by atomic mass is 9.95. The molecule has 4 rings (SSSR count). The lowest BCUT2D eigenvalue weighted by Crippen LogP contribution is -2.34. The van der Waals surface area contributed by atoms with Crippen LogP contribution in [0.5, 0.6) is 0 Å². The van der Waals surface area contributed by atoms with E-state index in [2.05, 4.69) is 28.8 Å². The number of nitrogens with one attached hydrogen (secondary N) is 2. The Morgan fingerprint density at radius 2 is 1.92 bits per heavy atom. The standard InChI is InChI=1S/C19H19ClN2O.ClH/c20-17-3-1-2-16(9-17)19(6-7-19)18(23)22-10-13-4-5-14-11-21-12-15(14)8-13;/h1-5,8-9,21H,6-7,10-12H2,(H,22,23);1H. The maximum Gasteiger partial charge on any atom is 0.230 e. The molecule has 0 saturated heterocycles. The Morgan fingerprint density at radius 1 is 1.12 bits per heavy atom. The van der Waals surface area contributed by atoms with Gasteiger partial charge in [0.15, 0.2) is 0 Å². The molecule has 5 heteroatoms. The second-order valence-corrected chi connectivity index (χ2v) is 6.92. The van der Waals surface area contributed by atoms with E-state index in [-0.39, 0.29) is 23.7 Å². The Kier molecular flexibility index (Phi) is 4.86. The Balaban J connectivity index is 0.00000169. The molecule has 1 aliphatic heterocycles. The summed E-state index contributed by atoms with van der Waals surface area (Å²) < 4.78 is 0. The highest BCUT2D eigenvalue weighted by molar-refractivity contribution is 6.30. The molecule has 2 N–H and O–H groups in total. The van der Waals surface area contributed by atoms with E-state index in [0.29, 0.717) is 11.6 Å². The van der Waals surface area contributed by atoms with Crippen LogP contribution in [0.25, 0.3) is 0 Å². The smallest absolute Gasteiger partial charge is 0.230 e. The van der Waals surface area contributed by atoms with Crippen molar-refractivity contribution in [1.29, 1.82) is 0 Å². The highest BCUT2D eigenvalue weighted by Gasteiger charge is 2.51. The van der Waals surface area contributed by atoms with Gasteiger partial charge in [-0.1, -0.05) is 41.9 Å². The summed E-state index contributed by atoms with van der Waals surface area (Å²) in [5, 5.41) is 7.14. The van der Waals surface area contributed by atoms with Gasteiger partial charge in [0.1, 0.15) is 0 Å². The number of rotatable bonds is 4. The van der Waals surface area contributed by atoms with Crippen LogP contribution in [-0.4, -0.2) is 5.91 Å². The van der Waals surface area contributed by atoms with Crippen LogP contribution in [0.15, 0.2) is 42.5 Å². The summed E-state index contributed by atoms with van der Waals surface area (Å²) in [6.07, 6.45) is 1.79. The van der Waals surface area contributed by atoms with Crippen molar-refractivity contribution in [2.45, 2.75) is 37.9 Å². The first-order chi connectivity index (χ1) is 11.2. The lowest BCUT2D eigenvalue weighted by Gasteiger charge is -2.16. The predicted octanol–water partition coefficient (Wildman–Crippen LogP) is 3.71. The molecule has 2 aromatic carbocycles. The van der Waals surface area contributed by atoms with Crippen LogP contribution >= 0.6 is 24.0 Å². The van der Waals surface area contributed by atoms with E-state index in [1.54, 1.807) is 0 Å². The topological polar surface area (TPSA) is 41.1 Å². The van der Waals surface area contributed by atoms with Gasteiger partial charge in [0.2, 0.25) is 5.91 Å². The number of carbonyl (C=O) groups is 1. The Morgan fingerprint density at radius 3 is 2.67 bits per heavy atom. The molecule has 3 nitrogen and oxygen atoms in total. The van der Waals surface area contributed by atoms with Crippen molar-refractivity contribution in [2.24, 2.45) is 0 Å². The van der Waals surface area contributed by atoms with Crippen molar-refractivity contribution in [1.82, 2.24) is 10.6 Å². The molecule has 1 aliphatic carbocycles. The SMILES string of the molecule is Cl.O=C(NCc1ccc2c(c1)CNC2)C1(c2cccc(Cl)c2)CC1. The number of benzene rings is 2. The minimum atomic E-state index is -0.372. The minimum Gasteiger partial charge on any atom is -0.351 e. The minimum absolute atomic E-state index is 0. The molecule has 0 bridgehead atoms. The van der Waals surface area contributed by atoms with E-state index in [1.165, 1.54) is 11.1 Å². The molecule has 0 spiro atoms. The molecule has 1 saturated carbocycles. The monoisotopic (exact) mass is 362 g/mol. The molecule has 1 heterocycles. The van der Waals surface area contributed by atoms with Crippen LogP contribution in [0.2, 0.25) is 5.02 Å². The van der Waals surface area contributed by atoms with Crippen molar-refractivity contribution in [3.8, 4) is 0 Å². The molecule has 126 valence electrons. The quantitative estimate of drug-likeness (QED) is 0.870. The number of halogens is 2. The number of hydrogen-bond donors (Lipinski definition) is 2. The average molecular weight is 363 g/mol. The van der Waals surface area contributed by atoms with Gasteiger partial charge >= 0.3 is 0 Å². The molecule has 24 heavy (non-hydrogen) atoms. The summed E-state index contributed by atoms with van der Waals surface area (Å²) in [4.78, 5) is 12.7. The molecular weight excluding hydrogens is 343 g/mol. The molecule has 1 amide bonds. The highest BCUT2D eigenvalue weighted by atomic mass is 35.5. The van der Waals surface area contributed by atoms with Crippen molar-refractivity contribution in [2.75, 3.05) is 0 Å². The third-order valence-corrected chi connectivity index (χ3v) is 5.15. The van der Waals surface area contributed by atoms with Gasteiger partial charge in [0, 0.05) is 24.7 Å². The van der Waals surface area contributed by atoms with Gasteiger partial charge in [-0.25, -0.2) is 0 Å². The lowest BCUT2D eigenvalue weighted by molar-refractivity contribution is -0.123. The highest BCUT2D eigenvalue weighted by Crippen LogP contribution is 2.48. The third-order valence-electron chi connectivity index (χ3n) is 4.92. The first-order valence-electron chi connectivity index (χ1n) is 8.03. The Hall–Kier alpha value is -1.55. The van der Waals surface area contributed by atoms with Crippen LogP contribution < -0.4 is 10.6 Å². The number of hydrogen-bond acceptors (Lipinski definition) is 2. The van der Waals surface area contributed by atoms with Gasteiger partial charge in [-0.15, -0.1) is 12.4 Å². The second-order valence-electron chi connectivity index (χ2n) is 6.48. The van der Waals surface area contributed by atoms with E-state index < -0.39 is 0 Å². The van der Waals surface area contributed by atoms with Gasteiger partial charge in [-0.2, -0.15) is 0 Å². The summed E-state index contributed by atoms with van der Waals surface area (Å²) in [5.74, 6) is 0.110. The van der Waals surface area contributed by atoms with Gasteiger partial charge < -0.3 is 10.6 Å². The predicted molar refractivity (Wildman–Crippen MR) is 98.4 cm³/mol. The zero-order valence-corrected chi connectivity index (χ0v) is 14.8. The Bertz CT molecular complexity index is 772. The summed E-state index contributed by atoms with van der Waals surface area (Å²) in [6.45, 7) is 2.44. The van der Waals surface area contributed by atoms with Crippen molar-refractivity contribution in [3.63, 3.8) is 0 Å². The van der Waals surface area contributed by atoms with Gasteiger partial charge in [-0.3, -0.25) is 4.79 Å². The van der Waals surface area contributed by atoms with Crippen LogP contribution in [0.3, 0.4) is 0 Å². The fourth-order valence-electron chi connectivity index (χ4n) is 3.37. The summed E-state index contributed by atoms with van der Waals surface area (Å²) >= 11 is 6.07. The molecule has 1 fully saturated rings.